The van der Waals surface area contributed by atoms with Gasteiger partial charge in [0.25, 0.3) is 10.0 Å². The van der Waals surface area contributed by atoms with Crippen molar-refractivity contribution in [3.8, 4) is 5.75 Å². The molecule has 0 aromatic heterocycles. The summed E-state index contributed by atoms with van der Waals surface area (Å²) in [5, 5.41) is 2.78. The third-order valence-corrected chi connectivity index (χ3v) is 6.99. The average molecular weight is 466 g/mol. The van der Waals surface area contributed by atoms with Gasteiger partial charge in [-0.2, -0.15) is 4.31 Å². The topological polar surface area (TPSA) is 96.0 Å². The molecule has 0 unspecified atom stereocenters. The lowest BCUT2D eigenvalue weighted by molar-refractivity contribution is -0.119. The number of carbonyl (C=O) groups is 2. The number of hydrogen-bond acceptors (Lipinski definition) is 5. The molecule has 0 saturated heterocycles. The fraction of sp³-hybridized carbons (Fsp3) is 0.167. The van der Waals surface area contributed by atoms with Crippen LogP contribution in [-0.2, 0) is 21.4 Å². The van der Waals surface area contributed by atoms with E-state index in [9.17, 15) is 18.0 Å². The molecule has 8 nitrogen and oxygen atoms in total. The highest BCUT2D eigenvalue weighted by Crippen LogP contribution is 2.37. The van der Waals surface area contributed by atoms with Gasteiger partial charge in [0.2, 0.25) is 5.91 Å². The second-order valence-corrected chi connectivity index (χ2v) is 9.33. The number of nitrogens with one attached hydrogen (secondary N) is 1. The fourth-order valence-corrected chi connectivity index (χ4v) is 5.24. The Morgan fingerprint density at radius 2 is 1.76 bits per heavy atom. The molecule has 3 aromatic rings. The number of benzene rings is 3. The van der Waals surface area contributed by atoms with Crippen molar-refractivity contribution in [3.05, 3.63) is 83.9 Å². The maximum Gasteiger partial charge on any atom is 0.343 e. The normalized spacial score (nSPS) is 14.5. The molecule has 1 aliphatic heterocycles. The number of urea groups is 1. The first-order valence-electron chi connectivity index (χ1n) is 10.2. The SMILES string of the molecule is COc1cccc(CNC(=O)CN2C(=O)N(c3cccc(C)c3)S(=O)(=O)c3ccccc32)c1. The summed E-state index contributed by atoms with van der Waals surface area (Å²) in [6.07, 6.45) is 0. The largest absolute Gasteiger partial charge is 0.497 e. The van der Waals surface area contributed by atoms with Gasteiger partial charge in [-0.1, -0.05) is 36.4 Å². The van der Waals surface area contributed by atoms with Crippen molar-refractivity contribution in [2.75, 3.05) is 22.9 Å². The van der Waals surface area contributed by atoms with Crippen LogP contribution < -0.4 is 19.3 Å². The van der Waals surface area contributed by atoms with Gasteiger partial charge in [-0.3, -0.25) is 9.69 Å². The smallest absolute Gasteiger partial charge is 0.343 e. The molecular weight excluding hydrogens is 442 g/mol. The van der Waals surface area contributed by atoms with E-state index in [4.69, 9.17) is 4.74 Å². The Hall–Kier alpha value is -3.85. The molecule has 0 radical (unpaired) electrons. The average Bonchev–Trinajstić information content (AvgIpc) is 2.80. The van der Waals surface area contributed by atoms with E-state index in [1.54, 1.807) is 49.6 Å². The van der Waals surface area contributed by atoms with E-state index in [2.05, 4.69) is 5.32 Å². The first-order chi connectivity index (χ1) is 15.8. The monoisotopic (exact) mass is 465 g/mol. The van der Waals surface area contributed by atoms with Gasteiger partial charge in [-0.25, -0.2) is 13.2 Å². The maximum absolute atomic E-state index is 13.4. The fourth-order valence-electron chi connectivity index (χ4n) is 3.65. The minimum absolute atomic E-state index is 0.0355. The Bertz CT molecular complexity index is 1320. The number of hydrogen-bond donors (Lipinski definition) is 1. The predicted molar refractivity (Wildman–Crippen MR) is 125 cm³/mol. The molecule has 0 atom stereocenters. The van der Waals surface area contributed by atoms with Crippen molar-refractivity contribution >= 4 is 33.3 Å². The predicted octanol–water partition coefficient (Wildman–Crippen LogP) is 3.46. The van der Waals surface area contributed by atoms with E-state index in [0.717, 1.165) is 15.4 Å². The molecule has 1 N–H and O–H groups in total. The zero-order chi connectivity index (χ0) is 23.6. The van der Waals surface area contributed by atoms with Crippen molar-refractivity contribution < 1.29 is 22.7 Å². The Morgan fingerprint density at radius 3 is 2.52 bits per heavy atom. The van der Waals surface area contributed by atoms with E-state index in [1.165, 1.54) is 17.0 Å². The van der Waals surface area contributed by atoms with Gasteiger partial charge in [-0.05, 0) is 54.4 Å². The van der Waals surface area contributed by atoms with Gasteiger partial charge in [0.05, 0.1) is 18.5 Å². The standard InChI is InChI=1S/C24H23N3O5S/c1-17-7-5-9-19(13-17)27-24(29)26(21-11-3-4-12-22(21)33(27,30)31)16-23(28)25-15-18-8-6-10-20(14-18)32-2/h3-14H,15-16H2,1-2H3,(H,25,28). The van der Waals surface area contributed by atoms with Crippen molar-refractivity contribution in [3.63, 3.8) is 0 Å². The maximum atomic E-state index is 13.4. The minimum Gasteiger partial charge on any atom is -0.497 e. The number of para-hydroxylation sites is 1. The van der Waals surface area contributed by atoms with Gasteiger partial charge >= 0.3 is 6.03 Å². The van der Waals surface area contributed by atoms with Gasteiger partial charge in [0.1, 0.15) is 17.2 Å². The summed E-state index contributed by atoms with van der Waals surface area (Å²) in [4.78, 5) is 27.3. The first-order valence-corrected chi connectivity index (χ1v) is 11.7. The molecule has 0 bridgehead atoms. The quantitative estimate of drug-likeness (QED) is 0.602. The second-order valence-electron chi connectivity index (χ2n) is 7.57. The Kier molecular flexibility index (Phi) is 6.06. The number of fused-ring (bicyclic) bond motifs is 1. The zero-order valence-electron chi connectivity index (χ0n) is 18.2. The number of sulfonamides is 1. The summed E-state index contributed by atoms with van der Waals surface area (Å²) in [6.45, 7) is 1.71. The molecule has 33 heavy (non-hydrogen) atoms. The molecule has 0 aliphatic carbocycles. The summed E-state index contributed by atoms with van der Waals surface area (Å²) in [7, 11) is -2.58. The lowest BCUT2D eigenvalue weighted by atomic mass is 10.2. The van der Waals surface area contributed by atoms with Crippen LogP contribution >= 0.6 is 0 Å². The van der Waals surface area contributed by atoms with Crippen molar-refractivity contribution in [1.29, 1.82) is 0 Å². The molecule has 3 amide bonds. The third-order valence-electron chi connectivity index (χ3n) is 5.24. The number of amides is 3. The number of carbonyl (C=O) groups excluding carboxylic acids is 2. The van der Waals surface area contributed by atoms with Crippen LogP contribution in [0, 0.1) is 6.92 Å². The Labute approximate surface area is 192 Å². The number of ether oxygens (including phenoxy) is 1. The van der Waals surface area contributed by atoms with E-state index in [1.807, 2.05) is 25.1 Å². The third kappa shape index (κ3) is 4.40. The summed E-state index contributed by atoms with van der Waals surface area (Å²) >= 11 is 0. The second kappa shape index (κ2) is 8.95. The van der Waals surface area contributed by atoms with Crippen molar-refractivity contribution in [2.45, 2.75) is 18.4 Å². The van der Waals surface area contributed by atoms with E-state index < -0.39 is 22.0 Å². The molecule has 0 saturated carbocycles. The molecule has 3 aromatic carbocycles. The first kappa shape index (κ1) is 22.3. The molecule has 4 rings (SSSR count). The number of anilines is 2. The van der Waals surface area contributed by atoms with Crippen LogP contribution in [0.1, 0.15) is 11.1 Å². The number of rotatable bonds is 6. The van der Waals surface area contributed by atoms with Gasteiger partial charge in [0.15, 0.2) is 0 Å². The van der Waals surface area contributed by atoms with Crippen LogP contribution in [-0.4, -0.2) is 34.0 Å². The molecule has 0 spiro atoms. The van der Waals surface area contributed by atoms with Gasteiger partial charge in [-0.15, -0.1) is 0 Å². The summed E-state index contributed by atoms with van der Waals surface area (Å²) < 4.78 is 32.5. The van der Waals surface area contributed by atoms with Crippen LogP contribution in [0.2, 0.25) is 0 Å². The van der Waals surface area contributed by atoms with Crippen LogP contribution in [0.15, 0.2) is 77.7 Å². The number of nitrogens with zero attached hydrogens (tertiary/aromatic N) is 2. The summed E-state index contributed by atoms with van der Waals surface area (Å²) in [6, 6.07) is 19.3. The van der Waals surface area contributed by atoms with Crippen molar-refractivity contribution in [2.24, 2.45) is 0 Å². The highest BCUT2D eigenvalue weighted by atomic mass is 32.2. The molecule has 170 valence electrons. The minimum atomic E-state index is -4.14. The van der Waals surface area contributed by atoms with Gasteiger partial charge < -0.3 is 10.1 Å². The lowest BCUT2D eigenvalue weighted by Crippen LogP contribution is -2.53. The zero-order valence-corrected chi connectivity index (χ0v) is 19.0. The summed E-state index contributed by atoms with van der Waals surface area (Å²) in [5.74, 6) is 0.241. The van der Waals surface area contributed by atoms with Gasteiger partial charge in [0, 0.05) is 6.54 Å². The van der Waals surface area contributed by atoms with E-state index in [0.29, 0.717) is 5.75 Å². The molecule has 9 heteroatoms. The molecule has 0 fully saturated rings. The number of methoxy groups -OCH3 is 1. The molecular formula is C24H23N3O5S. The van der Waals surface area contributed by atoms with E-state index >= 15 is 0 Å². The lowest BCUT2D eigenvalue weighted by Gasteiger charge is -2.35. The highest BCUT2D eigenvalue weighted by Gasteiger charge is 2.43. The Morgan fingerprint density at radius 1 is 1.00 bits per heavy atom. The van der Waals surface area contributed by atoms with Crippen LogP contribution in [0.4, 0.5) is 16.2 Å². The summed E-state index contributed by atoms with van der Waals surface area (Å²) in [5.41, 5.74) is 2.02. The Balaban J connectivity index is 1.62. The van der Waals surface area contributed by atoms with Crippen LogP contribution in [0.5, 0.6) is 5.75 Å². The molecule has 1 aliphatic rings. The van der Waals surface area contributed by atoms with Crippen LogP contribution in [0.25, 0.3) is 0 Å². The van der Waals surface area contributed by atoms with Crippen LogP contribution in [0.3, 0.4) is 0 Å². The van der Waals surface area contributed by atoms with Crippen molar-refractivity contribution in [1.82, 2.24) is 5.32 Å². The molecule has 1 heterocycles. The number of aryl methyl sites for hydroxylation is 1. The van der Waals surface area contributed by atoms with E-state index in [-0.39, 0.29) is 29.4 Å². The highest BCUT2D eigenvalue weighted by molar-refractivity contribution is 7.94.